The van der Waals surface area contributed by atoms with Gasteiger partial charge in [-0.15, -0.1) is 10.2 Å². The Hall–Kier alpha value is -2.74. The van der Waals surface area contributed by atoms with E-state index in [0.717, 1.165) is 23.5 Å². The van der Waals surface area contributed by atoms with E-state index in [-0.39, 0.29) is 28.6 Å². The number of nitro groups is 1. The molecule has 10 nitrogen and oxygen atoms in total. The Morgan fingerprint density at radius 2 is 1.94 bits per heavy atom. The number of hydrogen-bond donors (Lipinski definition) is 1. The van der Waals surface area contributed by atoms with E-state index in [4.69, 9.17) is 4.74 Å². The molecule has 0 unspecified atom stereocenters. The molecule has 0 aliphatic rings. The minimum atomic E-state index is -3.81. The zero-order valence-corrected chi connectivity index (χ0v) is 20.0. The zero-order valence-electron chi connectivity index (χ0n) is 17.5. The molecule has 1 aromatic heterocycles. The number of sulfonamides is 1. The van der Waals surface area contributed by atoms with Crippen LogP contribution in [0, 0.1) is 10.1 Å². The van der Waals surface area contributed by atoms with Gasteiger partial charge in [-0.2, -0.15) is 4.31 Å². The highest BCUT2D eigenvalue weighted by molar-refractivity contribution is 8.01. The van der Waals surface area contributed by atoms with E-state index in [9.17, 15) is 18.5 Å². The maximum absolute atomic E-state index is 12.7. The number of methoxy groups -OCH3 is 1. The third-order valence-electron chi connectivity index (χ3n) is 4.40. The molecule has 170 valence electrons. The van der Waals surface area contributed by atoms with E-state index >= 15 is 0 Å². The molecule has 0 aliphatic carbocycles. The van der Waals surface area contributed by atoms with Crippen LogP contribution in [0.15, 0.2) is 56.6 Å². The summed E-state index contributed by atoms with van der Waals surface area (Å²) in [5, 5.41) is 23.4. The van der Waals surface area contributed by atoms with E-state index < -0.39 is 14.9 Å². The quantitative estimate of drug-likeness (QED) is 0.322. The third-order valence-corrected chi connectivity index (χ3v) is 8.40. The van der Waals surface area contributed by atoms with E-state index in [1.807, 2.05) is 18.2 Å². The van der Waals surface area contributed by atoms with Gasteiger partial charge in [-0.1, -0.05) is 31.3 Å². The number of rotatable bonds is 10. The second-order valence-electron chi connectivity index (χ2n) is 6.31. The Morgan fingerprint density at radius 3 is 2.59 bits per heavy atom. The second kappa shape index (κ2) is 10.3. The number of aromatic nitrogens is 2. The maximum Gasteiger partial charge on any atom is 0.284 e. The van der Waals surface area contributed by atoms with E-state index in [2.05, 4.69) is 15.5 Å². The van der Waals surface area contributed by atoms with Crippen molar-refractivity contribution in [2.45, 2.75) is 28.0 Å². The molecule has 1 heterocycles. The van der Waals surface area contributed by atoms with Gasteiger partial charge < -0.3 is 10.1 Å². The van der Waals surface area contributed by atoms with Gasteiger partial charge in [0.2, 0.25) is 15.2 Å². The van der Waals surface area contributed by atoms with Gasteiger partial charge in [-0.25, -0.2) is 8.42 Å². The Morgan fingerprint density at radius 1 is 1.19 bits per heavy atom. The third kappa shape index (κ3) is 5.35. The lowest BCUT2D eigenvalue weighted by Gasteiger charge is -2.18. The molecule has 3 aromatic rings. The molecule has 0 atom stereocenters. The van der Waals surface area contributed by atoms with Crippen LogP contribution >= 0.6 is 23.1 Å². The summed E-state index contributed by atoms with van der Waals surface area (Å²) in [7, 11) is -2.24. The minimum absolute atomic E-state index is 0.116. The van der Waals surface area contributed by atoms with Gasteiger partial charge >= 0.3 is 0 Å². The number of nitro benzene ring substituents is 1. The summed E-state index contributed by atoms with van der Waals surface area (Å²) in [4.78, 5) is 11.2. The first-order valence-corrected chi connectivity index (χ1v) is 12.6. The zero-order chi connectivity index (χ0) is 23.3. The summed E-state index contributed by atoms with van der Waals surface area (Å²) in [5.74, 6) is 0.685. The summed E-state index contributed by atoms with van der Waals surface area (Å²) >= 11 is 2.27. The van der Waals surface area contributed by atoms with Crippen LogP contribution in [0.1, 0.15) is 13.8 Å². The topological polar surface area (TPSA) is 128 Å². The van der Waals surface area contributed by atoms with E-state index in [1.165, 1.54) is 27.8 Å². The minimum Gasteiger partial charge on any atom is -0.497 e. The Labute approximate surface area is 193 Å². The SMILES string of the molecule is CCN(CC)S(=O)(=O)c1ccc(Sc2nnc(Nc3cccc(OC)c3)s2)c([N+](=O)[O-])c1. The van der Waals surface area contributed by atoms with Crippen molar-refractivity contribution in [1.29, 1.82) is 0 Å². The van der Waals surface area contributed by atoms with Crippen LogP contribution in [-0.4, -0.2) is 48.0 Å². The molecule has 0 bridgehead atoms. The van der Waals surface area contributed by atoms with Crippen LogP contribution in [0.4, 0.5) is 16.5 Å². The van der Waals surface area contributed by atoms with Crippen LogP contribution in [0.2, 0.25) is 0 Å². The molecule has 0 saturated carbocycles. The molecule has 3 rings (SSSR count). The molecule has 32 heavy (non-hydrogen) atoms. The first-order chi connectivity index (χ1) is 15.3. The van der Waals surface area contributed by atoms with Gasteiger partial charge in [0, 0.05) is 30.9 Å². The molecule has 1 N–H and O–H groups in total. The number of benzene rings is 2. The monoisotopic (exact) mass is 495 g/mol. The van der Waals surface area contributed by atoms with Gasteiger partial charge in [0.1, 0.15) is 5.75 Å². The second-order valence-corrected chi connectivity index (χ2v) is 10.5. The summed E-state index contributed by atoms with van der Waals surface area (Å²) in [6.45, 7) is 3.98. The van der Waals surface area contributed by atoms with E-state index in [0.29, 0.717) is 15.2 Å². The van der Waals surface area contributed by atoms with Crippen molar-refractivity contribution >= 4 is 49.6 Å². The molecular formula is C19H21N5O5S3. The standard InChI is InChI=1S/C19H21N5O5S3/c1-4-23(5-2)32(27,28)15-9-10-17(16(12-15)24(25)26)30-19-22-21-18(31-19)20-13-7-6-8-14(11-13)29-3/h6-12H,4-5H2,1-3H3,(H,20,21). The van der Waals surface area contributed by atoms with Gasteiger partial charge in [0.25, 0.3) is 5.69 Å². The molecule has 0 amide bonds. The van der Waals surface area contributed by atoms with Crippen molar-refractivity contribution in [2.24, 2.45) is 0 Å². The lowest BCUT2D eigenvalue weighted by atomic mass is 10.3. The average Bonchev–Trinajstić information content (AvgIpc) is 3.21. The Bertz CT molecular complexity index is 1210. The molecule has 0 spiro atoms. The summed E-state index contributed by atoms with van der Waals surface area (Å²) in [6.07, 6.45) is 0. The fraction of sp³-hybridized carbons (Fsp3) is 0.263. The van der Waals surface area contributed by atoms with Crippen LogP contribution < -0.4 is 10.1 Å². The number of nitrogens with zero attached hydrogens (tertiary/aromatic N) is 4. The fourth-order valence-electron chi connectivity index (χ4n) is 2.82. The van der Waals surface area contributed by atoms with Crippen molar-refractivity contribution < 1.29 is 18.1 Å². The molecule has 0 aliphatic heterocycles. The number of anilines is 2. The van der Waals surface area contributed by atoms with Crippen LogP contribution in [0.25, 0.3) is 0 Å². The van der Waals surface area contributed by atoms with Gasteiger partial charge in [0.05, 0.1) is 21.8 Å². The lowest BCUT2D eigenvalue weighted by molar-refractivity contribution is -0.388. The first kappa shape index (κ1) is 23.9. The van der Waals surface area contributed by atoms with E-state index in [1.54, 1.807) is 27.0 Å². The van der Waals surface area contributed by atoms with Crippen molar-refractivity contribution in [3.63, 3.8) is 0 Å². The first-order valence-electron chi connectivity index (χ1n) is 9.49. The highest BCUT2D eigenvalue weighted by atomic mass is 32.2. The maximum atomic E-state index is 12.7. The predicted octanol–water partition coefficient (Wildman–Crippen LogP) is 4.38. The van der Waals surface area contributed by atoms with Crippen molar-refractivity contribution in [3.05, 3.63) is 52.6 Å². The van der Waals surface area contributed by atoms with Crippen molar-refractivity contribution in [1.82, 2.24) is 14.5 Å². The lowest BCUT2D eigenvalue weighted by Crippen LogP contribution is -2.30. The van der Waals surface area contributed by atoms with Crippen LogP contribution in [0.3, 0.4) is 0 Å². The predicted molar refractivity (Wildman–Crippen MR) is 124 cm³/mol. The summed E-state index contributed by atoms with van der Waals surface area (Å²) in [5.41, 5.74) is 0.453. The molecule has 2 aromatic carbocycles. The Kier molecular flexibility index (Phi) is 7.66. The number of ether oxygens (including phenoxy) is 1. The molecule has 13 heteroatoms. The largest absolute Gasteiger partial charge is 0.497 e. The van der Waals surface area contributed by atoms with Gasteiger partial charge in [0.15, 0.2) is 4.34 Å². The average molecular weight is 496 g/mol. The fourth-order valence-corrected chi connectivity index (χ4v) is 6.11. The number of nitrogens with one attached hydrogen (secondary N) is 1. The normalized spacial score (nSPS) is 11.5. The van der Waals surface area contributed by atoms with Gasteiger partial charge in [-0.05, 0) is 36.0 Å². The van der Waals surface area contributed by atoms with Crippen LogP contribution in [0.5, 0.6) is 5.75 Å². The number of hydrogen-bond acceptors (Lipinski definition) is 10. The Balaban J connectivity index is 1.84. The highest BCUT2D eigenvalue weighted by Gasteiger charge is 2.26. The highest BCUT2D eigenvalue weighted by Crippen LogP contribution is 2.39. The summed E-state index contributed by atoms with van der Waals surface area (Å²) in [6, 6.07) is 11.2. The molecular weight excluding hydrogens is 474 g/mol. The smallest absolute Gasteiger partial charge is 0.284 e. The molecule has 0 saturated heterocycles. The molecule has 0 radical (unpaired) electrons. The van der Waals surface area contributed by atoms with Crippen molar-refractivity contribution in [2.75, 3.05) is 25.5 Å². The van der Waals surface area contributed by atoms with Crippen molar-refractivity contribution in [3.8, 4) is 5.75 Å². The van der Waals surface area contributed by atoms with Gasteiger partial charge in [-0.3, -0.25) is 10.1 Å². The molecule has 0 fully saturated rings. The summed E-state index contributed by atoms with van der Waals surface area (Å²) < 4.78 is 32.3. The van der Waals surface area contributed by atoms with Crippen LogP contribution in [-0.2, 0) is 10.0 Å².